The van der Waals surface area contributed by atoms with E-state index in [2.05, 4.69) is 18.7 Å². The largest absolute Gasteiger partial charge is 0.381 e. The van der Waals surface area contributed by atoms with Gasteiger partial charge in [0.2, 0.25) is 5.91 Å². The van der Waals surface area contributed by atoms with Crippen molar-refractivity contribution in [2.75, 3.05) is 59.1 Å². The van der Waals surface area contributed by atoms with Crippen LogP contribution in [0.1, 0.15) is 33.1 Å². The zero-order valence-electron chi connectivity index (χ0n) is 14.8. The van der Waals surface area contributed by atoms with Crippen molar-refractivity contribution in [3.8, 4) is 0 Å². The number of nitrogens with zero attached hydrogens (tertiary/aromatic N) is 2. The number of amides is 1. The number of hydrogen-bond donors (Lipinski definition) is 1. The molecule has 2 aliphatic heterocycles. The van der Waals surface area contributed by atoms with E-state index in [0.717, 1.165) is 52.0 Å². The fraction of sp³-hybridized carbons (Fsp3) is 0.941. The molecule has 0 bridgehead atoms. The molecular formula is C17H33N3O3. The predicted molar refractivity (Wildman–Crippen MR) is 90.3 cm³/mol. The number of hydrogen-bond acceptors (Lipinski definition) is 5. The summed E-state index contributed by atoms with van der Waals surface area (Å²) >= 11 is 0. The fourth-order valence-corrected chi connectivity index (χ4v) is 3.54. The molecule has 1 amide bonds. The average molecular weight is 327 g/mol. The Morgan fingerprint density at radius 3 is 2.65 bits per heavy atom. The van der Waals surface area contributed by atoms with E-state index in [1.165, 1.54) is 0 Å². The zero-order valence-corrected chi connectivity index (χ0v) is 14.8. The molecule has 2 fully saturated rings. The summed E-state index contributed by atoms with van der Waals surface area (Å²) in [6, 6.07) is 0. The van der Waals surface area contributed by atoms with E-state index in [-0.39, 0.29) is 12.0 Å². The van der Waals surface area contributed by atoms with E-state index in [0.29, 0.717) is 26.3 Å². The lowest BCUT2D eigenvalue weighted by Gasteiger charge is -2.37. The second-order valence-corrected chi connectivity index (χ2v) is 6.66. The van der Waals surface area contributed by atoms with Gasteiger partial charge in [-0.2, -0.15) is 0 Å². The Hall–Kier alpha value is -0.690. The second kappa shape index (κ2) is 8.97. The maximum Gasteiger partial charge on any atom is 0.230 e. The first-order valence-electron chi connectivity index (χ1n) is 9.06. The first-order valence-corrected chi connectivity index (χ1v) is 9.06. The lowest BCUT2D eigenvalue weighted by Crippen LogP contribution is -2.50. The van der Waals surface area contributed by atoms with Gasteiger partial charge in [0, 0.05) is 39.4 Å². The van der Waals surface area contributed by atoms with Gasteiger partial charge in [-0.3, -0.25) is 4.79 Å². The normalized spacial score (nSPS) is 24.3. The van der Waals surface area contributed by atoms with Gasteiger partial charge in [-0.15, -0.1) is 0 Å². The number of carbonyl (C=O) groups excluding carboxylic acids is 1. The molecule has 6 heteroatoms. The van der Waals surface area contributed by atoms with Crippen LogP contribution in [-0.2, 0) is 14.3 Å². The molecule has 0 aromatic carbocycles. The summed E-state index contributed by atoms with van der Waals surface area (Å²) in [6.07, 6.45) is 2.59. The molecule has 134 valence electrons. The Labute approximate surface area is 140 Å². The molecule has 2 saturated heterocycles. The lowest BCUT2D eigenvalue weighted by molar-refractivity contribution is -0.146. The Morgan fingerprint density at radius 1 is 1.35 bits per heavy atom. The molecule has 2 rings (SSSR count). The molecule has 0 spiro atoms. The van der Waals surface area contributed by atoms with Crippen LogP contribution in [0.4, 0.5) is 0 Å². The number of carbonyl (C=O) groups is 1. The Balaban J connectivity index is 1.78. The van der Waals surface area contributed by atoms with Gasteiger partial charge in [0.1, 0.15) is 0 Å². The molecule has 6 nitrogen and oxygen atoms in total. The topological polar surface area (TPSA) is 68.0 Å². The molecule has 1 unspecified atom stereocenters. The van der Waals surface area contributed by atoms with Gasteiger partial charge >= 0.3 is 0 Å². The maximum atomic E-state index is 12.9. The molecule has 2 N–H and O–H groups in total. The Bertz CT molecular complexity index is 368. The van der Waals surface area contributed by atoms with E-state index in [1.807, 2.05) is 4.90 Å². The third kappa shape index (κ3) is 4.66. The maximum absolute atomic E-state index is 12.9. The van der Waals surface area contributed by atoms with Crippen LogP contribution in [-0.4, -0.2) is 80.9 Å². The number of likely N-dealkylation sites (tertiary alicyclic amines) is 1. The van der Waals surface area contributed by atoms with Crippen molar-refractivity contribution < 1.29 is 14.3 Å². The first kappa shape index (κ1) is 18.6. The van der Waals surface area contributed by atoms with Crippen LogP contribution >= 0.6 is 0 Å². The first-order chi connectivity index (χ1) is 11.1. The number of rotatable bonds is 8. The summed E-state index contributed by atoms with van der Waals surface area (Å²) in [5, 5.41) is 0. The molecule has 2 heterocycles. The van der Waals surface area contributed by atoms with Crippen molar-refractivity contribution in [3.63, 3.8) is 0 Å². The second-order valence-electron chi connectivity index (χ2n) is 6.66. The Kier molecular flexibility index (Phi) is 7.27. The highest BCUT2D eigenvalue weighted by molar-refractivity contribution is 5.83. The van der Waals surface area contributed by atoms with E-state index < -0.39 is 5.41 Å². The minimum absolute atomic E-state index is 0.171. The summed E-state index contributed by atoms with van der Waals surface area (Å²) in [7, 11) is 0. The molecule has 2 aliphatic rings. The van der Waals surface area contributed by atoms with Gasteiger partial charge in [-0.25, -0.2) is 0 Å². The number of ether oxygens (including phenoxy) is 2. The SMILES string of the molecule is CCN(CC)CCOC1CCN(C(=O)C2(CN)CCOCC2)C1. The highest BCUT2D eigenvalue weighted by Crippen LogP contribution is 2.33. The quantitative estimate of drug-likeness (QED) is 0.711. The molecule has 0 aromatic rings. The molecule has 1 atom stereocenters. The summed E-state index contributed by atoms with van der Waals surface area (Å²) in [5.41, 5.74) is 5.54. The van der Waals surface area contributed by atoms with E-state index in [1.54, 1.807) is 0 Å². The minimum atomic E-state index is -0.408. The number of likely N-dealkylation sites (N-methyl/N-ethyl adjacent to an activating group) is 1. The molecule has 23 heavy (non-hydrogen) atoms. The van der Waals surface area contributed by atoms with Crippen LogP contribution < -0.4 is 5.73 Å². The van der Waals surface area contributed by atoms with Crippen LogP contribution in [0.2, 0.25) is 0 Å². The van der Waals surface area contributed by atoms with E-state index in [4.69, 9.17) is 15.2 Å². The minimum Gasteiger partial charge on any atom is -0.381 e. The molecule has 0 aliphatic carbocycles. The van der Waals surface area contributed by atoms with Crippen LogP contribution in [0.25, 0.3) is 0 Å². The summed E-state index contributed by atoms with van der Waals surface area (Å²) in [5.74, 6) is 0.207. The van der Waals surface area contributed by atoms with Crippen molar-refractivity contribution in [3.05, 3.63) is 0 Å². The molecular weight excluding hydrogens is 294 g/mol. The van der Waals surface area contributed by atoms with Crippen molar-refractivity contribution in [1.82, 2.24) is 9.80 Å². The number of nitrogens with two attached hydrogens (primary N) is 1. The standard InChI is InChI=1S/C17H33N3O3/c1-3-19(4-2)9-12-23-15-5-8-20(13-15)16(21)17(14-18)6-10-22-11-7-17/h15H,3-14,18H2,1-2H3. The van der Waals surface area contributed by atoms with Crippen LogP contribution in [0.5, 0.6) is 0 Å². The summed E-state index contributed by atoms with van der Waals surface area (Å²) in [6.45, 7) is 11.3. The lowest BCUT2D eigenvalue weighted by atomic mass is 9.79. The van der Waals surface area contributed by atoms with E-state index >= 15 is 0 Å². The summed E-state index contributed by atoms with van der Waals surface area (Å²) in [4.78, 5) is 17.2. The van der Waals surface area contributed by atoms with Gasteiger partial charge in [-0.1, -0.05) is 13.8 Å². The predicted octanol–water partition coefficient (Wildman–Crippen LogP) is 0.701. The molecule has 0 radical (unpaired) electrons. The van der Waals surface area contributed by atoms with Crippen LogP contribution in [0, 0.1) is 5.41 Å². The third-order valence-corrected chi connectivity index (χ3v) is 5.38. The molecule has 0 saturated carbocycles. The van der Waals surface area contributed by atoms with Crippen molar-refractivity contribution >= 4 is 5.91 Å². The monoisotopic (exact) mass is 327 g/mol. The molecule has 0 aromatic heterocycles. The van der Waals surface area contributed by atoms with Crippen molar-refractivity contribution in [1.29, 1.82) is 0 Å². The van der Waals surface area contributed by atoms with Crippen molar-refractivity contribution in [2.45, 2.75) is 39.2 Å². The third-order valence-electron chi connectivity index (χ3n) is 5.38. The Morgan fingerprint density at radius 2 is 2.04 bits per heavy atom. The van der Waals surface area contributed by atoms with Gasteiger partial charge in [-0.05, 0) is 32.4 Å². The zero-order chi connectivity index (χ0) is 16.7. The van der Waals surface area contributed by atoms with E-state index in [9.17, 15) is 4.79 Å². The van der Waals surface area contributed by atoms with Gasteiger partial charge in [0.25, 0.3) is 0 Å². The van der Waals surface area contributed by atoms with Gasteiger partial charge < -0.3 is 25.0 Å². The highest BCUT2D eigenvalue weighted by atomic mass is 16.5. The van der Waals surface area contributed by atoms with Crippen LogP contribution in [0.3, 0.4) is 0 Å². The van der Waals surface area contributed by atoms with Gasteiger partial charge in [0.05, 0.1) is 18.1 Å². The smallest absolute Gasteiger partial charge is 0.230 e. The fourth-order valence-electron chi connectivity index (χ4n) is 3.54. The van der Waals surface area contributed by atoms with Crippen molar-refractivity contribution in [2.24, 2.45) is 11.1 Å². The van der Waals surface area contributed by atoms with Crippen LogP contribution in [0.15, 0.2) is 0 Å². The highest BCUT2D eigenvalue weighted by Gasteiger charge is 2.43. The summed E-state index contributed by atoms with van der Waals surface area (Å²) < 4.78 is 11.4. The average Bonchev–Trinajstić information content (AvgIpc) is 3.07. The van der Waals surface area contributed by atoms with Gasteiger partial charge in [0.15, 0.2) is 0 Å².